The summed E-state index contributed by atoms with van der Waals surface area (Å²) < 4.78 is 5.18. The number of H-pyrrole nitrogens is 1. The number of carbonyl (C=O) groups is 2. The summed E-state index contributed by atoms with van der Waals surface area (Å²) in [7, 11) is 1.59. The molecule has 122 valence electrons. The number of methoxy groups -OCH3 is 1. The fraction of sp³-hybridized carbons (Fsp3) is 0.412. The molecule has 6 nitrogen and oxygen atoms in total. The quantitative estimate of drug-likeness (QED) is 0.910. The Morgan fingerprint density at radius 3 is 2.74 bits per heavy atom. The van der Waals surface area contributed by atoms with Gasteiger partial charge in [0.1, 0.15) is 11.4 Å². The summed E-state index contributed by atoms with van der Waals surface area (Å²) in [6, 6.07) is 7.34. The molecule has 0 radical (unpaired) electrons. The van der Waals surface area contributed by atoms with Crippen molar-refractivity contribution in [2.75, 3.05) is 20.2 Å². The van der Waals surface area contributed by atoms with Crippen molar-refractivity contribution in [2.24, 2.45) is 11.3 Å². The summed E-state index contributed by atoms with van der Waals surface area (Å²) in [5.74, 6) is -0.404. The third kappa shape index (κ3) is 2.44. The molecule has 0 saturated carbocycles. The summed E-state index contributed by atoms with van der Waals surface area (Å²) in [5.41, 5.74) is 0.390. The van der Waals surface area contributed by atoms with Gasteiger partial charge in [0.25, 0.3) is 5.91 Å². The summed E-state index contributed by atoms with van der Waals surface area (Å²) in [6.45, 7) is 4.24. The number of likely N-dealkylation sites (tertiary alicyclic amines) is 1. The highest BCUT2D eigenvalue weighted by molar-refractivity contribution is 5.98. The number of hydrogen-bond donors (Lipinski definition) is 2. The third-order valence-corrected chi connectivity index (χ3v) is 4.94. The number of fused-ring (bicyclic) bond motifs is 1. The standard InChI is InChI=1S/C17H20N2O4/c1-10-8-19(9-17(10,2)16(21)22)15(20)14-6-11-4-5-12(23-3)7-13(11)18-14/h4-7,10,18H,8-9H2,1-3H3,(H,21,22)/t10-,17-/m1/s1. The van der Waals surface area contributed by atoms with E-state index in [1.165, 1.54) is 0 Å². The molecule has 2 atom stereocenters. The Kier molecular flexibility index (Phi) is 3.55. The molecule has 1 amide bonds. The van der Waals surface area contributed by atoms with Crippen LogP contribution in [0.25, 0.3) is 10.9 Å². The first-order valence-corrected chi connectivity index (χ1v) is 7.54. The molecule has 1 aromatic heterocycles. The van der Waals surface area contributed by atoms with Crippen molar-refractivity contribution in [3.63, 3.8) is 0 Å². The first-order chi connectivity index (χ1) is 10.8. The molecule has 0 bridgehead atoms. The molecule has 0 spiro atoms. The van der Waals surface area contributed by atoms with Crippen molar-refractivity contribution < 1.29 is 19.4 Å². The summed E-state index contributed by atoms with van der Waals surface area (Å²) >= 11 is 0. The number of ether oxygens (including phenoxy) is 1. The predicted molar refractivity (Wildman–Crippen MR) is 85.7 cm³/mol. The second kappa shape index (κ2) is 5.30. The monoisotopic (exact) mass is 316 g/mol. The van der Waals surface area contributed by atoms with Gasteiger partial charge in [-0.15, -0.1) is 0 Å². The molecular weight excluding hydrogens is 296 g/mol. The van der Waals surface area contributed by atoms with Gasteiger partial charge in [-0.3, -0.25) is 9.59 Å². The van der Waals surface area contributed by atoms with Gasteiger partial charge in [0, 0.05) is 30.1 Å². The van der Waals surface area contributed by atoms with E-state index in [1.807, 2.05) is 25.1 Å². The maximum absolute atomic E-state index is 12.7. The van der Waals surface area contributed by atoms with Gasteiger partial charge in [-0.05, 0) is 31.0 Å². The van der Waals surface area contributed by atoms with Crippen LogP contribution in [0, 0.1) is 11.3 Å². The van der Waals surface area contributed by atoms with E-state index >= 15 is 0 Å². The van der Waals surface area contributed by atoms with E-state index < -0.39 is 11.4 Å². The second-order valence-electron chi connectivity index (χ2n) is 6.45. The lowest BCUT2D eigenvalue weighted by Gasteiger charge is -2.22. The molecule has 2 heterocycles. The van der Waals surface area contributed by atoms with Gasteiger partial charge in [-0.25, -0.2) is 0 Å². The highest BCUT2D eigenvalue weighted by atomic mass is 16.5. The third-order valence-electron chi connectivity index (χ3n) is 4.94. The molecule has 23 heavy (non-hydrogen) atoms. The minimum atomic E-state index is -0.898. The van der Waals surface area contributed by atoms with Crippen molar-refractivity contribution in [2.45, 2.75) is 13.8 Å². The molecule has 0 unspecified atom stereocenters. The Bertz CT molecular complexity index is 782. The average molecular weight is 316 g/mol. The smallest absolute Gasteiger partial charge is 0.311 e. The highest BCUT2D eigenvalue weighted by Crippen LogP contribution is 2.36. The fourth-order valence-electron chi connectivity index (χ4n) is 3.10. The summed E-state index contributed by atoms with van der Waals surface area (Å²) in [5, 5.41) is 10.3. The SMILES string of the molecule is COc1ccc2cc(C(=O)N3C[C@@H](C)[C@](C)(C(=O)O)C3)[nH]c2c1. The van der Waals surface area contributed by atoms with Crippen molar-refractivity contribution in [3.05, 3.63) is 30.0 Å². The van der Waals surface area contributed by atoms with Crippen molar-refractivity contribution >= 4 is 22.8 Å². The van der Waals surface area contributed by atoms with Crippen LogP contribution in [0.15, 0.2) is 24.3 Å². The largest absolute Gasteiger partial charge is 0.497 e. The molecule has 1 aromatic carbocycles. The number of aliphatic carboxylic acids is 1. The molecule has 0 aliphatic carbocycles. The lowest BCUT2D eigenvalue weighted by molar-refractivity contribution is -0.148. The zero-order valence-corrected chi connectivity index (χ0v) is 13.4. The minimum absolute atomic E-state index is 0.0894. The Morgan fingerprint density at radius 1 is 1.39 bits per heavy atom. The summed E-state index contributed by atoms with van der Waals surface area (Å²) in [6.07, 6.45) is 0. The van der Waals surface area contributed by atoms with Gasteiger partial charge in [-0.2, -0.15) is 0 Å². The van der Waals surface area contributed by atoms with Crippen LogP contribution in [0.5, 0.6) is 5.75 Å². The highest BCUT2D eigenvalue weighted by Gasteiger charge is 2.48. The average Bonchev–Trinajstić information content (AvgIpc) is 3.08. The van der Waals surface area contributed by atoms with E-state index in [1.54, 1.807) is 25.0 Å². The van der Waals surface area contributed by atoms with Gasteiger partial charge in [0.05, 0.1) is 12.5 Å². The van der Waals surface area contributed by atoms with Crippen LogP contribution in [0.1, 0.15) is 24.3 Å². The Hall–Kier alpha value is -2.50. The fourth-order valence-corrected chi connectivity index (χ4v) is 3.10. The number of benzene rings is 1. The van der Waals surface area contributed by atoms with Crippen LogP contribution in [-0.4, -0.2) is 47.1 Å². The lowest BCUT2D eigenvalue weighted by atomic mass is 9.81. The van der Waals surface area contributed by atoms with E-state index in [-0.39, 0.29) is 18.4 Å². The molecule has 2 N–H and O–H groups in total. The molecule has 3 rings (SSSR count). The summed E-state index contributed by atoms with van der Waals surface area (Å²) in [4.78, 5) is 28.9. The first-order valence-electron chi connectivity index (χ1n) is 7.54. The number of amides is 1. The number of carbonyl (C=O) groups excluding carboxylic acids is 1. The van der Waals surface area contributed by atoms with Crippen molar-refractivity contribution in [3.8, 4) is 5.75 Å². The van der Waals surface area contributed by atoms with E-state index in [0.717, 1.165) is 10.9 Å². The maximum atomic E-state index is 12.7. The van der Waals surface area contributed by atoms with Gasteiger partial charge in [0.15, 0.2) is 0 Å². The number of aromatic nitrogens is 1. The zero-order valence-electron chi connectivity index (χ0n) is 13.4. The molecule has 1 aliphatic rings. The lowest BCUT2D eigenvalue weighted by Crippen LogP contribution is -2.36. The molecule has 2 aromatic rings. The van der Waals surface area contributed by atoms with Crippen molar-refractivity contribution in [1.82, 2.24) is 9.88 Å². The maximum Gasteiger partial charge on any atom is 0.311 e. The van der Waals surface area contributed by atoms with Crippen LogP contribution in [0.4, 0.5) is 0 Å². The topological polar surface area (TPSA) is 82.6 Å². The van der Waals surface area contributed by atoms with E-state index in [0.29, 0.717) is 18.0 Å². The van der Waals surface area contributed by atoms with Crippen LogP contribution in [-0.2, 0) is 4.79 Å². The molecular formula is C17H20N2O4. The number of hydrogen-bond acceptors (Lipinski definition) is 3. The number of rotatable bonds is 3. The molecule has 1 fully saturated rings. The number of nitrogens with zero attached hydrogens (tertiary/aromatic N) is 1. The van der Waals surface area contributed by atoms with Crippen LogP contribution < -0.4 is 4.74 Å². The number of carboxylic acids is 1. The number of aromatic amines is 1. The molecule has 1 aliphatic heterocycles. The van der Waals surface area contributed by atoms with Crippen LogP contribution in [0.2, 0.25) is 0 Å². The number of carboxylic acid groups (broad SMARTS) is 1. The first kappa shape index (κ1) is 15.4. The van der Waals surface area contributed by atoms with E-state index in [2.05, 4.69) is 4.98 Å². The Morgan fingerprint density at radius 2 is 2.13 bits per heavy atom. The van der Waals surface area contributed by atoms with Crippen LogP contribution >= 0.6 is 0 Å². The Balaban J connectivity index is 1.88. The van der Waals surface area contributed by atoms with Gasteiger partial charge >= 0.3 is 5.97 Å². The zero-order chi connectivity index (χ0) is 16.8. The van der Waals surface area contributed by atoms with Crippen molar-refractivity contribution in [1.29, 1.82) is 0 Å². The molecule has 6 heteroatoms. The van der Waals surface area contributed by atoms with Gasteiger partial charge in [-0.1, -0.05) is 6.92 Å². The van der Waals surface area contributed by atoms with Crippen LogP contribution in [0.3, 0.4) is 0 Å². The van der Waals surface area contributed by atoms with E-state index in [4.69, 9.17) is 4.74 Å². The van der Waals surface area contributed by atoms with E-state index in [9.17, 15) is 14.7 Å². The second-order valence-corrected chi connectivity index (χ2v) is 6.45. The van der Waals surface area contributed by atoms with Gasteiger partial charge < -0.3 is 19.7 Å². The predicted octanol–water partition coefficient (Wildman–Crippen LogP) is 2.36. The molecule has 1 saturated heterocycles. The normalized spacial score (nSPS) is 24.1. The van der Waals surface area contributed by atoms with Gasteiger partial charge in [0.2, 0.25) is 0 Å². The number of nitrogens with one attached hydrogen (secondary N) is 1. The minimum Gasteiger partial charge on any atom is -0.497 e. The Labute approximate surface area is 134 Å².